The molecule has 0 saturated heterocycles. The number of para-hydroxylation sites is 2. The molecule has 11 heteroatoms. The van der Waals surface area contributed by atoms with Crippen LogP contribution in [-0.2, 0) is 26.2 Å². The van der Waals surface area contributed by atoms with E-state index in [4.69, 9.17) is 14.2 Å². The van der Waals surface area contributed by atoms with Gasteiger partial charge in [-0.05, 0) is 73.9 Å². The monoisotopic (exact) mass is 609 g/mol. The molecule has 1 saturated carbocycles. The van der Waals surface area contributed by atoms with Gasteiger partial charge in [0.05, 0.1) is 31.9 Å². The highest BCUT2D eigenvalue weighted by Gasteiger charge is 2.34. The Morgan fingerprint density at radius 2 is 1.44 bits per heavy atom. The molecule has 1 aliphatic carbocycles. The summed E-state index contributed by atoms with van der Waals surface area (Å²) in [4.78, 5) is 28.9. The minimum absolute atomic E-state index is 0.0271. The Hall–Kier alpha value is -4.25. The molecule has 1 fully saturated rings. The summed E-state index contributed by atoms with van der Waals surface area (Å²) in [5.41, 5.74) is 0.957. The van der Waals surface area contributed by atoms with Crippen LogP contribution in [0.4, 0.5) is 5.69 Å². The number of anilines is 1. The van der Waals surface area contributed by atoms with E-state index in [9.17, 15) is 18.0 Å². The molecular formula is C32H39N3O7S. The standard InChI is InChI=1S/C32H39N3O7S/c1-23(32(37)33-25-9-5-6-10-25)34(21-24-13-15-26(40-2)16-14-24)31(36)22-35(29-11-7-8-12-30(29)42-4)43(38,39)28-19-17-27(41-3)18-20-28/h7-8,11-20,23,25H,5-6,9-10,21-22H2,1-4H3,(H,33,37). The third-order valence-electron chi connectivity index (χ3n) is 7.66. The lowest BCUT2D eigenvalue weighted by atomic mass is 10.1. The third-order valence-corrected chi connectivity index (χ3v) is 9.43. The Morgan fingerprint density at radius 3 is 2.02 bits per heavy atom. The largest absolute Gasteiger partial charge is 0.497 e. The van der Waals surface area contributed by atoms with Crippen molar-refractivity contribution in [3.05, 3.63) is 78.4 Å². The van der Waals surface area contributed by atoms with Gasteiger partial charge in [-0.15, -0.1) is 0 Å². The molecule has 1 aliphatic rings. The molecule has 0 bridgehead atoms. The molecular weight excluding hydrogens is 570 g/mol. The molecule has 230 valence electrons. The molecule has 0 spiro atoms. The van der Waals surface area contributed by atoms with Crippen molar-refractivity contribution >= 4 is 27.5 Å². The zero-order valence-electron chi connectivity index (χ0n) is 25.0. The maximum absolute atomic E-state index is 14.2. The highest BCUT2D eigenvalue weighted by molar-refractivity contribution is 7.92. The zero-order chi connectivity index (χ0) is 31.0. The second kappa shape index (κ2) is 14.3. The van der Waals surface area contributed by atoms with Crippen LogP contribution in [0.2, 0.25) is 0 Å². The highest BCUT2D eigenvalue weighted by atomic mass is 32.2. The molecule has 3 aromatic rings. The lowest BCUT2D eigenvalue weighted by Gasteiger charge is -2.33. The Balaban J connectivity index is 1.71. The van der Waals surface area contributed by atoms with E-state index in [0.29, 0.717) is 11.5 Å². The summed E-state index contributed by atoms with van der Waals surface area (Å²) in [6.45, 7) is 1.19. The van der Waals surface area contributed by atoms with E-state index in [1.807, 2.05) is 12.1 Å². The molecule has 4 rings (SSSR count). The van der Waals surface area contributed by atoms with E-state index in [2.05, 4.69) is 5.32 Å². The molecule has 0 aliphatic heterocycles. The van der Waals surface area contributed by atoms with Crippen LogP contribution in [-0.4, -0.2) is 65.1 Å². The van der Waals surface area contributed by atoms with Gasteiger partial charge in [0.15, 0.2) is 0 Å². The number of nitrogens with zero attached hydrogens (tertiary/aromatic N) is 2. The van der Waals surface area contributed by atoms with Gasteiger partial charge in [0.1, 0.15) is 29.8 Å². The molecule has 43 heavy (non-hydrogen) atoms. The molecule has 0 radical (unpaired) electrons. The number of hydrogen-bond acceptors (Lipinski definition) is 7. The fraction of sp³-hybridized carbons (Fsp3) is 0.375. The fourth-order valence-electron chi connectivity index (χ4n) is 5.13. The number of methoxy groups -OCH3 is 3. The topological polar surface area (TPSA) is 114 Å². The van der Waals surface area contributed by atoms with Gasteiger partial charge in [-0.25, -0.2) is 8.42 Å². The smallest absolute Gasteiger partial charge is 0.264 e. The van der Waals surface area contributed by atoms with Gasteiger partial charge in [-0.3, -0.25) is 13.9 Å². The fourth-order valence-corrected chi connectivity index (χ4v) is 6.55. The average Bonchev–Trinajstić information content (AvgIpc) is 3.55. The van der Waals surface area contributed by atoms with Crippen LogP contribution in [0, 0.1) is 0 Å². The van der Waals surface area contributed by atoms with Crippen LogP contribution in [0.3, 0.4) is 0 Å². The van der Waals surface area contributed by atoms with Crippen molar-refractivity contribution in [2.24, 2.45) is 0 Å². The number of nitrogens with one attached hydrogen (secondary N) is 1. The van der Waals surface area contributed by atoms with E-state index in [1.165, 1.54) is 31.3 Å². The van der Waals surface area contributed by atoms with E-state index in [1.54, 1.807) is 62.6 Å². The SMILES string of the molecule is COc1ccc(CN(C(=O)CN(c2ccccc2OC)S(=O)(=O)c2ccc(OC)cc2)C(C)C(=O)NC2CCCC2)cc1. The number of carbonyl (C=O) groups excluding carboxylic acids is 2. The first kappa shape index (κ1) is 31.7. The molecule has 10 nitrogen and oxygen atoms in total. The summed E-state index contributed by atoms with van der Waals surface area (Å²) >= 11 is 0. The van der Waals surface area contributed by atoms with Crippen LogP contribution in [0.1, 0.15) is 38.2 Å². The van der Waals surface area contributed by atoms with Crippen molar-refractivity contribution in [3.63, 3.8) is 0 Å². The summed E-state index contributed by atoms with van der Waals surface area (Å²) in [6.07, 6.45) is 3.88. The maximum atomic E-state index is 14.2. The van der Waals surface area contributed by atoms with Crippen molar-refractivity contribution in [2.75, 3.05) is 32.2 Å². The van der Waals surface area contributed by atoms with Crippen molar-refractivity contribution in [2.45, 2.75) is 56.1 Å². The van der Waals surface area contributed by atoms with Gasteiger partial charge in [0.2, 0.25) is 11.8 Å². The van der Waals surface area contributed by atoms with Crippen molar-refractivity contribution in [1.82, 2.24) is 10.2 Å². The molecule has 3 aromatic carbocycles. The van der Waals surface area contributed by atoms with Crippen molar-refractivity contribution in [1.29, 1.82) is 0 Å². The third kappa shape index (κ3) is 7.59. The average molecular weight is 610 g/mol. The number of hydrogen-bond donors (Lipinski definition) is 1. The molecule has 0 heterocycles. The van der Waals surface area contributed by atoms with Crippen LogP contribution in [0.25, 0.3) is 0 Å². The van der Waals surface area contributed by atoms with Gasteiger partial charge in [0.25, 0.3) is 10.0 Å². The van der Waals surface area contributed by atoms with Crippen LogP contribution >= 0.6 is 0 Å². The number of rotatable bonds is 13. The van der Waals surface area contributed by atoms with E-state index < -0.39 is 28.5 Å². The predicted octanol–water partition coefficient (Wildman–Crippen LogP) is 4.38. The summed E-state index contributed by atoms with van der Waals surface area (Å²) in [5.74, 6) is 0.595. The predicted molar refractivity (Wildman–Crippen MR) is 164 cm³/mol. The molecule has 0 aromatic heterocycles. The summed E-state index contributed by atoms with van der Waals surface area (Å²) in [5, 5.41) is 3.07. The summed E-state index contributed by atoms with van der Waals surface area (Å²) in [6, 6.07) is 18.9. The molecule has 1 unspecified atom stereocenters. The zero-order valence-corrected chi connectivity index (χ0v) is 25.8. The van der Waals surface area contributed by atoms with Crippen LogP contribution < -0.4 is 23.8 Å². The summed E-state index contributed by atoms with van der Waals surface area (Å²) < 4.78 is 45.1. The normalized spacial score (nSPS) is 14.0. The van der Waals surface area contributed by atoms with E-state index in [-0.39, 0.29) is 34.8 Å². The molecule has 1 atom stereocenters. The van der Waals surface area contributed by atoms with Crippen molar-refractivity contribution < 1.29 is 32.2 Å². The number of carbonyl (C=O) groups is 2. The highest BCUT2D eigenvalue weighted by Crippen LogP contribution is 2.33. The summed E-state index contributed by atoms with van der Waals surface area (Å²) in [7, 11) is 0.237. The first-order chi connectivity index (χ1) is 20.7. The molecule has 1 N–H and O–H groups in total. The first-order valence-corrected chi connectivity index (χ1v) is 15.6. The Labute approximate surface area is 253 Å². The Bertz CT molecular complexity index is 1490. The van der Waals surface area contributed by atoms with Gasteiger partial charge in [-0.1, -0.05) is 37.1 Å². The lowest BCUT2D eigenvalue weighted by molar-refractivity contribution is -0.139. The van der Waals surface area contributed by atoms with Gasteiger partial charge in [0, 0.05) is 12.6 Å². The maximum Gasteiger partial charge on any atom is 0.264 e. The second-order valence-corrected chi connectivity index (χ2v) is 12.3. The van der Waals surface area contributed by atoms with Gasteiger partial charge in [-0.2, -0.15) is 0 Å². The van der Waals surface area contributed by atoms with Crippen LogP contribution in [0.15, 0.2) is 77.7 Å². The number of sulfonamides is 1. The minimum Gasteiger partial charge on any atom is -0.497 e. The van der Waals surface area contributed by atoms with E-state index in [0.717, 1.165) is 35.6 Å². The second-order valence-electron chi connectivity index (χ2n) is 10.4. The first-order valence-electron chi connectivity index (χ1n) is 14.2. The minimum atomic E-state index is -4.25. The Kier molecular flexibility index (Phi) is 10.5. The number of benzene rings is 3. The number of amides is 2. The molecule has 2 amide bonds. The quantitative estimate of drug-likeness (QED) is 0.306. The Morgan fingerprint density at radius 1 is 0.860 bits per heavy atom. The number of ether oxygens (including phenoxy) is 3. The van der Waals surface area contributed by atoms with Crippen LogP contribution in [0.5, 0.6) is 17.2 Å². The lowest BCUT2D eigenvalue weighted by Crippen LogP contribution is -2.52. The van der Waals surface area contributed by atoms with Gasteiger partial charge >= 0.3 is 0 Å². The van der Waals surface area contributed by atoms with Gasteiger partial charge < -0.3 is 24.4 Å². The van der Waals surface area contributed by atoms with Crippen molar-refractivity contribution in [3.8, 4) is 17.2 Å². The van der Waals surface area contributed by atoms with E-state index >= 15 is 0 Å².